The summed E-state index contributed by atoms with van der Waals surface area (Å²) in [4.78, 5) is 41.7. The Balaban J connectivity index is 1.83. The molecule has 0 aliphatic heterocycles. The molecule has 1 saturated carbocycles. The van der Waals surface area contributed by atoms with Gasteiger partial charge in [0.2, 0.25) is 5.69 Å². The van der Waals surface area contributed by atoms with Crippen molar-refractivity contribution in [1.29, 1.82) is 0 Å². The van der Waals surface area contributed by atoms with E-state index in [4.69, 9.17) is 4.74 Å². The number of aromatic nitrogens is 3. The molecule has 8 nitrogen and oxygen atoms in total. The van der Waals surface area contributed by atoms with Gasteiger partial charge in [-0.1, -0.05) is 31.4 Å². The molecule has 1 amide bonds. The van der Waals surface area contributed by atoms with Gasteiger partial charge in [-0.3, -0.25) is 14.2 Å². The van der Waals surface area contributed by atoms with Crippen LogP contribution in [0.25, 0.3) is 5.69 Å². The maximum atomic E-state index is 13.4. The van der Waals surface area contributed by atoms with E-state index in [-0.39, 0.29) is 18.3 Å². The number of amides is 1. The van der Waals surface area contributed by atoms with E-state index in [0.29, 0.717) is 11.3 Å². The van der Waals surface area contributed by atoms with Crippen LogP contribution in [0, 0.1) is 0 Å². The van der Waals surface area contributed by atoms with Crippen LogP contribution < -0.4 is 16.0 Å². The van der Waals surface area contributed by atoms with E-state index >= 15 is 0 Å². The number of rotatable bonds is 6. The number of methoxy groups -OCH3 is 1. The van der Waals surface area contributed by atoms with Crippen LogP contribution in [0.15, 0.2) is 58.1 Å². The van der Waals surface area contributed by atoms with Gasteiger partial charge in [0.05, 0.1) is 24.9 Å². The topological polar surface area (TPSA) is 86.4 Å². The number of nitrogens with zero attached hydrogens (tertiary/aromatic N) is 4. The maximum Gasteiger partial charge on any atom is 0.416 e. The summed E-state index contributed by atoms with van der Waals surface area (Å²) in [6.45, 7) is -0.189. The second-order valence-electron chi connectivity index (χ2n) is 9.04. The first-order valence-corrected chi connectivity index (χ1v) is 11.9. The molecule has 11 heteroatoms. The highest BCUT2D eigenvalue weighted by Gasteiger charge is 2.31. The SMILES string of the molecule is COc1cccc(Cn2c(=O)c(C(=O)N(C)C3CCCCC3)nn(-c3ccc(C(F)(F)F)cc3)c2=O)c1. The van der Waals surface area contributed by atoms with E-state index in [1.165, 1.54) is 12.0 Å². The molecular formula is C26H27F3N4O4. The van der Waals surface area contributed by atoms with Gasteiger partial charge in [-0.15, -0.1) is 0 Å². The standard InChI is InChI=1S/C26H27F3N4O4/c1-31(19-8-4-3-5-9-19)23(34)22-24(35)32(16-17-7-6-10-21(15-17)37-2)25(36)33(30-22)20-13-11-18(12-14-20)26(27,28)29/h6-7,10-15,19H,3-5,8-9,16H2,1-2H3. The average Bonchev–Trinajstić information content (AvgIpc) is 2.90. The van der Waals surface area contributed by atoms with Crippen LogP contribution in [0.5, 0.6) is 5.75 Å². The van der Waals surface area contributed by atoms with Crippen LogP contribution in [0.2, 0.25) is 0 Å². The van der Waals surface area contributed by atoms with Crippen molar-refractivity contribution in [3.8, 4) is 11.4 Å². The molecule has 3 aromatic rings. The molecule has 1 aromatic heterocycles. The zero-order valence-electron chi connectivity index (χ0n) is 20.5. The molecule has 0 radical (unpaired) electrons. The Morgan fingerprint density at radius 3 is 2.38 bits per heavy atom. The molecule has 1 fully saturated rings. The fourth-order valence-electron chi connectivity index (χ4n) is 4.50. The number of hydrogen-bond acceptors (Lipinski definition) is 5. The van der Waals surface area contributed by atoms with Gasteiger partial charge in [0, 0.05) is 13.1 Å². The lowest BCUT2D eigenvalue weighted by atomic mass is 9.94. The summed E-state index contributed by atoms with van der Waals surface area (Å²) in [5, 5.41) is 4.06. The van der Waals surface area contributed by atoms with E-state index in [0.717, 1.165) is 65.6 Å². The Morgan fingerprint density at radius 2 is 1.76 bits per heavy atom. The van der Waals surface area contributed by atoms with E-state index in [9.17, 15) is 27.6 Å². The Hall–Kier alpha value is -3.89. The van der Waals surface area contributed by atoms with E-state index in [1.807, 2.05) is 0 Å². The zero-order valence-corrected chi connectivity index (χ0v) is 20.5. The number of hydrogen-bond donors (Lipinski definition) is 0. The van der Waals surface area contributed by atoms with Gasteiger partial charge in [-0.05, 0) is 54.8 Å². The number of halogens is 3. The maximum absolute atomic E-state index is 13.4. The molecule has 0 saturated heterocycles. The van der Waals surface area contributed by atoms with Crippen LogP contribution in [-0.2, 0) is 12.7 Å². The number of carbonyl (C=O) groups is 1. The molecule has 1 aliphatic carbocycles. The van der Waals surface area contributed by atoms with Crippen LogP contribution in [0.3, 0.4) is 0 Å². The van der Waals surface area contributed by atoms with E-state index in [1.54, 1.807) is 31.3 Å². The van der Waals surface area contributed by atoms with Gasteiger partial charge in [0.25, 0.3) is 11.5 Å². The van der Waals surface area contributed by atoms with Gasteiger partial charge in [0.15, 0.2) is 0 Å². The Labute approximate surface area is 210 Å². The van der Waals surface area contributed by atoms with Gasteiger partial charge in [-0.25, -0.2) is 4.79 Å². The fourth-order valence-corrected chi connectivity index (χ4v) is 4.50. The lowest BCUT2D eigenvalue weighted by Crippen LogP contribution is -2.48. The minimum absolute atomic E-state index is 0.00763. The largest absolute Gasteiger partial charge is 0.497 e. The predicted molar refractivity (Wildman–Crippen MR) is 130 cm³/mol. The molecule has 0 atom stereocenters. The van der Waals surface area contributed by atoms with Gasteiger partial charge >= 0.3 is 11.9 Å². The highest BCUT2D eigenvalue weighted by Crippen LogP contribution is 2.29. The summed E-state index contributed by atoms with van der Waals surface area (Å²) < 4.78 is 46.1. The third-order valence-electron chi connectivity index (χ3n) is 6.62. The van der Waals surface area contributed by atoms with Gasteiger partial charge in [-0.2, -0.15) is 23.0 Å². The number of benzene rings is 2. The van der Waals surface area contributed by atoms with Crippen LogP contribution in [0.1, 0.15) is 53.7 Å². The van der Waals surface area contributed by atoms with Crippen molar-refractivity contribution in [2.45, 2.75) is 50.9 Å². The summed E-state index contributed by atoms with van der Waals surface area (Å²) >= 11 is 0. The lowest BCUT2D eigenvalue weighted by Gasteiger charge is -2.30. The quantitative estimate of drug-likeness (QED) is 0.497. The smallest absolute Gasteiger partial charge is 0.416 e. The highest BCUT2D eigenvalue weighted by atomic mass is 19.4. The van der Waals surface area contributed by atoms with Crippen molar-refractivity contribution in [1.82, 2.24) is 19.2 Å². The van der Waals surface area contributed by atoms with Crippen molar-refractivity contribution in [3.05, 3.63) is 86.2 Å². The van der Waals surface area contributed by atoms with Crippen molar-refractivity contribution >= 4 is 5.91 Å². The van der Waals surface area contributed by atoms with Crippen molar-refractivity contribution in [2.75, 3.05) is 14.2 Å². The molecule has 2 aromatic carbocycles. The summed E-state index contributed by atoms with van der Waals surface area (Å²) in [7, 11) is 3.08. The first-order valence-electron chi connectivity index (χ1n) is 11.9. The highest BCUT2D eigenvalue weighted by molar-refractivity contribution is 5.91. The van der Waals surface area contributed by atoms with E-state index in [2.05, 4.69) is 5.10 Å². The van der Waals surface area contributed by atoms with Crippen molar-refractivity contribution < 1.29 is 22.7 Å². The predicted octanol–water partition coefficient (Wildman–Crippen LogP) is 3.87. The summed E-state index contributed by atoms with van der Waals surface area (Å²) in [5.74, 6) is -0.132. The first-order chi connectivity index (χ1) is 17.6. The molecular weight excluding hydrogens is 489 g/mol. The Kier molecular flexibility index (Phi) is 7.51. The summed E-state index contributed by atoms with van der Waals surface area (Å²) in [6, 6.07) is 10.4. The zero-order chi connectivity index (χ0) is 26.7. The van der Waals surface area contributed by atoms with Crippen molar-refractivity contribution in [2.24, 2.45) is 0 Å². The molecule has 4 rings (SSSR count). The molecule has 0 N–H and O–H groups in total. The minimum Gasteiger partial charge on any atom is -0.497 e. The average molecular weight is 517 g/mol. The summed E-state index contributed by atoms with van der Waals surface area (Å²) in [6.07, 6.45) is 0.00801. The first kappa shape index (κ1) is 26.2. The number of ether oxygens (including phenoxy) is 1. The normalized spacial score (nSPS) is 14.4. The Morgan fingerprint density at radius 1 is 1.08 bits per heavy atom. The third-order valence-corrected chi connectivity index (χ3v) is 6.62. The van der Waals surface area contributed by atoms with E-state index < -0.39 is 34.6 Å². The molecule has 0 unspecified atom stereocenters. The Bertz CT molecular complexity index is 1390. The number of carbonyl (C=O) groups excluding carboxylic acids is 1. The second-order valence-corrected chi connectivity index (χ2v) is 9.04. The van der Waals surface area contributed by atoms with Crippen LogP contribution in [-0.4, -0.2) is 45.4 Å². The van der Waals surface area contributed by atoms with Gasteiger partial charge < -0.3 is 9.64 Å². The second kappa shape index (κ2) is 10.6. The van der Waals surface area contributed by atoms with Crippen LogP contribution >= 0.6 is 0 Å². The molecule has 0 bridgehead atoms. The van der Waals surface area contributed by atoms with Crippen LogP contribution in [0.4, 0.5) is 13.2 Å². The molecule has 0 spiro atoms. The molecule has 37 heavy (non-hydrogen) atoms. The summed E-state index contributed by atoms with van der Waals surface area (Å²) in [5.41, 5.74) is -2.58. The van der Waals surface area contributed by atoms with Gasteiger partial charge in [0.1, 0.15) is 5.75 Å². The molecule has 1 heterocycles. The number of alkyl halides is 3. The molecule has 1 aliphatic rings. The van der Waals surface area contributed by atoms with Crippen molar-refractivity contribution in [3.63, 3.8) is 0 Å². The fraction of sp³-hybridized carbons (Fsp3) is 0.385. The molecule has 196 valence electrons. The third kappa shape index (κ3) is 5.60. The minimum atomic E-state index is -4.56. The lowest BCUT2D eigenvalue weighted by molar-refractivity contribution is -0.137. The monoisotopic (exact) mass is 516 g/mol.